The van der Waals surface area contributed by atoms with Crippen LogP contribution in [-0.4, -0.2) is 31.9 Å². The smallest absolute Gasteiger partial charge is 0.230 e. The summed E-state index contributed by atoms with van der Waals surface area (Å²) >= 11 is 1.35. The lowest BCUT2D eigenvalue weighted by Crippen LogP contribution is -2.31. The Balaban J connectivity index is 1.39. The number of hydrogen-bond acceptors (Lipinski definition) is 5. The van der Waals surface area contributed by atoms with Crippen LogP contribution < -0.4 is 5.32 Å². The number of carbonyl (C=O) groups is 1. The molecular weight excluding hydrogens is 382 g/mol. The number of tetrazole rings is 1. The largest absolute Gasteiger partial charge is 0.348 e. The summed E-state index contributed by atoms with van der Waals surface area (Å²) in [4.78, 5) is 12.6. The van der Waals surface area contributed by atoms with E-state index in [1.54, 1.807) is 4.68 Å². The third-order valence-electron chi connectivity index (χ3n) is 5.15. The average molecular weight is 408 g/mol. The standard InChI is InChI=1S/C22H25N5OS/c1-15(2)16-10-12-19(13-11-16)27-22(24-25-26-27)29-14-20(28)23-21(18-8-9-18)17-6-4-3-5-7-17/h3-7,10-13,15,18,21H,8-9,14H2,1-2H3,(H,23,28). The number of aromatic nitrogens is 4. The predicted octanol–water partition coefficient (Wildman–Crippen LogP) is 4.15. The van der Waals surface area contributed by atoms with Crippen molar-refractivity contribution in [1.82, 2.24) is 25.5 Å². The van der Waals surface area contributed by atoms with Gasteiger partial charge in [-0.25, -0.2) is 0 Å². The molecular formula is C22H25N5OS. The molecule has 0 spiro atoms. The SMILES string of the molecule is CC(C)c1ccc(-n2nnnc2SCC(=O)NC(c2ccccc2)C2CC2)cc1. The number of nitrogens with zero attached hydrogens (tertiary/aromatic N) is 4. The molecule has 0 radical (unpaired) electrons. The Morgan fingerprint density at radius 3 is 2.48 bits per heavy atom. The molecule has 4 rings (SSSR count). The van der Waals surface area contributed by atoms with Crippen LogP contribution in [0.4, 0.5) is 0 Å². The van der Waals surface area contributed by atoms with Crippen molar-refractivity contribution in [3.8, 4) is 5.69 Å². The molecule has 0 bridgehead atoms. The number of benzene rings is 2. The van der Waals surface area contributed by atoms with Gasteiger partial charge in [0.2, 0.25) is 11.1 Å². The van der Waals surface area contributed by atoms with Gasteiger partial charge in [0.1, 0.15) is 0 Å². The van der Waals surface area contributed by atoms with E-state index in [-0.39, 0.29) is 17.7 Å². The van der Waals surface area contributed by atoms with Crippen LogP contribution in [0.25, 0.3) is 5.69 Å². The summed E-state index contributed by atoms with van der Waals surface area (Å²) < 4.78 is 1.68. The number of rotatable bonds is 8. The van der Waals surface area contributed by atoms with Crippen LogP contribution in [0.15, 0.2) is 59.8 Å². The summed E-state index contributed by atoms with van der Waals surface area (Å²) in [6.07, 6.45) is 2.33. The molecule has 7 heteroatoms. The van der Waals surface area contributed by atoms with Crippen molar-refractivity contribution in [3.05, 3.63) is 65.7 Å². The Labute approximate surface area is 175 Å². The highest BCUT2D eigenvalue weighted by atomic mass is 32.2. The Morgan fingerprint density at radius 1 is 1.10 bits per heavy atom. The maximum absolute atomic E-state index is 12.6. The van der Waals surface area contributed by atoms with Crippen LogP contribution in [0.2, 0.25) is 0 Å². The maximum atomic E-state index is 12.6. The van der Waals surface area contributed by atoms with E-state index in [2.05, 4.69) is 59.0 Å². The summed E-state index contributed by atoms with van der Waals surface area (Å²) in [7, 11) is 0. The van der Waals surface area contributed by atoms with Crippen molar-refractivity contribution in [2.75, 3.05) is 5.75 Å². The molecule has 150 valence electrons. The van der Waals surface area contributed by atoms with Gasteiger partial charge in [-0.05, 0) is 58.4 Å². The van der Waals surface area contributed by atoms with Gasteiger partial charge in [-0.3, -0.25) is 4.79 Å². The summed E-state index contributed by atoms with van der Waals surface area (Å²) in [5.41, 5.74) is 3.33. The molecule has 1 aromatic heterocycles. The first-order chi connectivity index (χ1) is 14.1. The van der Waals surface area contributed by atoms with Gasteiger partial charge >= 0.3 is 0 Å². The van der Waals surface area contributed by atoms with Crippen LogP contribution >= 0.6 is 11.8 Å². The van der Waals surface area contributed by atoms with E-state index < -0.39 is 0 Å². The lowest BCUT2D eigenvalue weighted by atomic mass is 10.0. The van der Waals surface area contributed by atoms with E-state index in [9.17, 15) is 4.79 Å². The third kappa shape index (κ3) is 4.85. The first-order valence-electron chi connectivity index (χ1n) is 9.97. The molecule has 3 aromatic rings. The lowest BCUT2D eigenvalue weighted by molar-refractivity contribution is -0.119. The molecule has 2 aromatic carbocycles. The van der Waals surface area contributed by atoms with E-state index in [4.69, 9.17) is 0 Å². The second kappa shape index (κ2) is 8.78. The molecule has 29 heavy (non-hydrogen) atoms. The van der Waals surface area contributed by atoms with Crippen molar-refractivity contribution in [2.45, 2.75) is 43.8 Å². The zero-order valence-electron chi connectivity index (χ0n) is 16.7. The van der Waals surface area contributed by atoms with Gasteiger partial charge in [0.15, 0.2) is 0 Å². The molecule has 1 aliphatic rings. The first kappa shape index (κ1) is 19.6. The second-order valence-electron chi connectivity index (χ2n) is 7.70. The number of nitrogens with one attached hydrogen (secondary N) is 1. The fourth-order valence-corrected chi connectivity index (χ4v) is 4.04. The third-order valence-corrected chi connectivity index (χ3v) is 6.07. The van der Waals surface area contributed by atoms with Crippen LogP contribution in [-0.2, 0) is 4.79 Å². The normalized spacial score (nSPS) is 14.7. The quantitative estimate of drug-likeness (QED) is 0.568. The molecule has 0 saturated heterocycles. The molecule has 1 N–H and O–H groups in total. The van der Waals surface area contributed by atoms with Crippen LogP contribution in [0, 0.1) is 5.92 Å². The minimum Gasteiger partial charge on any atom is -0.348 e. The molecule has 1 amide bonds. The molecule has 1 atom stereocenters. The van der Waals surface area contributed by atoms with Gasteiger partial charge in [-0.1, -0.05) is 68.1 Å². The van der Waals surface area contributed by atoms with Gasteiger partial charge in [-0.2, -0.15) is 4.68 Å². The molecule has 1 fully saturated rings. The van der Waals surface area contributed by atoms with Crippen molar-refractivity contribution in [1.29, 1.82) is 0 Å². The van der Waals surface area contributed by atoms with Crippen LogP contribution in [0.1, 0.15) is 49.8 Å². The second-order valence-corrected chi connectivity index (χ2v) is 8.64. The predicted molar refractivity (Wildman–Crippen MR) is 114 cm³/mol. The Morgan fingerprint density at radius 2 is 1.83 bits per heavy atom. The highest BCUT2D eigenvalue weighted by molar-refractivity contribution is 7.99. The lowest BCUT2D eigenvalue weighted by Gasteiger charge is -2.18. The minimum atomic E-state index is 0.000425. The minimum absolute atomic E-state index is 0.000425. The summed E-state index contributed by atoms with van der Waals surface area (Å²) in [5, 5.41) is 15.8. The molecule has 0 aliphatic heterocycles. The zero-order valence-corrected chi connectivity index (χ0v) is 17.5. The number of amides is 1. The number of hydrogen-bond donors (Lipinski definition) is 1. The molecule has 1 aliphatic carbocycles. The van der Waals surface area contributed by atoms with E-state index in [0.717, 1.165) is 18.5 Å². The maximum Gasteiger partial charge on any atom is 0.230 e. The topological polar surface area (TPSA) is 72.7 Å². The molecule has 6 nitrogen and oxygen atoms in total. The van der Waals surface area contributed by atoms with Crippen LogP contribution in [0.3, 0.4) is 0 Å². The van der Waals surface area contributed by atoms with E-state index in [0.29, 0.717) is 17.0 Å². The van der Waals surface area contributed by atoms with Gasteiger partial charge in [0.05, 0.1) is 17.5 Å². The van der Waals surface area contributed by atoms with Crippen molar-refractivity contribution >= 4 is 17.7 Å². The summed E-state index contributed by atoms with van der Waals surface area (Å²) in [6.45, 7) is 4.33. The Bertz CT molecular complexity index is 951. The van der Waals surface area contributed by atoms with E-state index >= 15 is 0 Å². The van der Waals surface area contributed by atoms with Gasteiger partial charge in [-0.15, -0.1) is 5.10 Å². The van der Waals surface area contributed by atoms with Crippen molar-refractivity contribution in [2.24, 2.45) is 5.92 Å². The van der Waals surface area contributed by atoms with E-state index in [1.807, 2.05) is 30.3 Å². The highest BCUT2D eigenvalue weighted by Crippen LogP contribution is 2.41. The molecule has 1 unspecified atom stereocenters. The molecule has 1 heterocycles. The van der Waals surface area contributed by atoms with Gasteiger partial charge < -0.3 is 5.32 Å². The first-order valence-corrected chi connectivity index (χ1v) is 11.0. The van der Waals surface area contributed by atoms with Crippen LogP contribution in [0.5, 0.6) is 0 Å². The number of thioether (sulfide) groups is 1. The number of carbonyl (C=O) groups excluding carboxylic acids is 1. The van der Waals surface area contributed by atoms with Crippen molar-refractivity contribution < 1.29 is 4.79 Å². The Kier molecular flexibility index (Phi) is 5.94. The van der Waals surface area contributed by atoms with Gasteiger partial charge in [0, 0.05) is 0 Å². The van der Waals surface area contributed by atoms with Crippen molar-refractivity contribution in [3.63, 3.8) is 0 Å². The monoisotopic (exact) mass is 407 g/mol. The zero-order chi connectivity index (χ0) is 20.2. The summed E-state index contributed by atoms with van der Waals surface area (Å²) in [5.74, 6) is 1.29. The fourth-order valence-electron chi connectivity index (χ4n) is 3.34. The Hall–Kier alpha value is -2.67. The molecule has 1 saturated carbocycles. The van der Waals surface area contributed by atoms with Gasteiger partial charge in [0.25, 0.3) is 0 Å². The fraction of sp³-hybridized carbons (Fsp3) is 0.364. The average Bonchev–Trinajstić information content (AvgIpc) is 3.48. The highest BCUT2D eigenvalue weighted by Gasteiger charge is 2.33. The summed E-state index contributed by atoms with van der Waals surface area (Å²) in [6, 6.07) is 18.5. The van der Waals surface area contributed by atoms with E-state index in [1.165, 1.54) is 22.9 Å².